The molecule has 3 aromatic carbocycles. The number of nitrogens with one attached hydrogen (secondary N) is 1. The second-order valence-electron chi connectivity index (χ2n) is 12.6. The van der Waals surface area contributed by atoms with Crippen molar-refractivity contribution >= 4 is 17.5 Å². The maximum atomic E-state index is 13.1. The van der Waals surface area contributed by atoms with E-state index in [1.807, 2.05) is 36.4 Å². The molecule has 3 heterocycles. The number of hydrogen-bond donors (Lipinski definition) is 2. The van der Waals surface area contributed by atoms with Crippen molar-refractivity contribution < 1.29 is 46.8 Å². The Bertz CT molecular complexity index is 1630. The van der Waals surface area contributed by atoms with E-state index in [-0.39, 0.29) is 31.8 Å². The molecule has 6 rings (SSSR count). The highest BCUT2D eigenvalue weighted by atomic mass is 19.4. The van der Waals surface area contributed by atoms with Crippen molar-refractivity contribution in [1.82, 2.24) is 9.80 Å². The van der Waals surface area contributed by atoms with Crippen LogP contribution in [-0.2, 0) is 38.6 Å². The van der Waals surface area contributed by atoms with E-state index in [0.29, 0.717) is 47.0 Å². The molecule has 0 unspecified atom stereocenters. The fraction of sp³-hybridized carbons (Fsp3) is 0.444. The van der Waals surface area contributed by atoms with Crippen LogP contribution in [0.1, 0.15) is 59.5 Å². The van der Waals surface area contributed by atoms with Crippen LogP contribution in [0, 0.1) is 0 Å². The van der Waals surface area contributed by atoms with Crippen LogP contribution in [0.25, 0.3) is 0 Å². The lowest BCUT2D eigenvalue weighted by atomic mass is 9.97. The predicted molar refractivity (Wildman–Crippen MR) is 173 cm³/mol. The summed E-state index contributed by atoms with van der Waals surface area (Å²) in [5.74, 6) is -1.27. The van der Waals surface area contributed by atoms with Gasteiger partial charge in [-0.2, -0.15) is 13.2 Å². The number of ether oxygens (including phenoxy) is 4. The number of fused-ring (bicyclic) bond motifs is 1. The zero-order valence-electron chi connectivity index (χ0n) is 27.4. The predicted octanol–water partition coefficient (Wildman–Crippen LogP) is 5.29. The Hall–Kier alpha value is -4.17. The van der Waals surface area contributed by atoms with Gasteiger partial charge in [0.15, 0.2) is 17.8 Å². The summed E-state index contributed by atoms with van der Waals surface area (Å²) in [4.78, 5) is 27.7. The molecule has 13 heteroatoms. The summed E-state index contributed by atoms with van der Waals surface area (Å²) in [7, 11) is 3.25. The number of halogens is 3. The summed E-state index contributed by atoms with van der Waals surface area (Å²) in [5, 5.41) is 12.2. The standard InChI is InChI=1S/C36H40F3N3O7/c1-46-31-16-25-13-15-41(19-26(25)17-32(31)47-2)20-28-18-30(23-7-5-22(21-43)6-8-23)49-34(48-28)24-9-11-27(12-10-24)40-33(44)29-4-3-14-42(29)35(45)36(37,38)39/h5-12,16-17,28-30,34,43H,3-4,13-15,18-21H2,1-2H3,(H,40,44)/t28-,29+,30+,34+/m1/s1. The first kappa shape index (κ1) is 34.7. The zero-order valence-corrected chi connectivity index (χ0v) is 27.4. The number of alkyl halides is 3. The molecule has 262 valence electrons. The molecule has 3 aliphatic rings. The third-order valence-corrected chi connectivity index (χ3v) is 9.38. The number of likely N-dealkylation sites (tertiary alicyclic amines) is 1. The van der Waals surface area contributed by atoms with Crippen molar-refractivity contribution in [3.05, 3.63) is 88.5 Å². The number of carbonyl (C=O) groups excluding carboxylic acids is 2. The van der Waals surface area contributed by atoms with Crippen molar-refractivity contribution in [2.75, 3.05) is 39.2 Å². The highest BCUT2D eigenvalue weighted by Gasteiger charge is 2.47. The van der Waals surface area contributed by atoms with Gasteiger partial charge in [-0.25, -0.2) is 0 Å². The largest absolute Gasteiger partial charge is 0.493 e. The van der Waals surface area contributed by atoms with Crippen LogP contribution in [0.4, 0.5) is 18.9 Å². The third kappa shape index (κ3) is 7.85. The lowest BCUT2D eigenvalue weighted by molar-refractivity contribution is -0.253. The van der Waals surface area contributed by atoms with Crippen LogP contribution in [-0.4, -0.2) is 78.9 Å². The molecule has 4 atom stereocenters. The van der Waals surface area contributed by atoms with Crippen molar-refractivity contribution in [1.29, 1.82) is 0 Å². The molecule has 3 aromatic rings. The zero-order chi connectivity index (χ0) is 34.7. The van der Waals surface area contributed by atoms with E-state index in [4.69, 9.17) is 18.9 Å². The molecule has 2 fully saturated rings. The summed E-state index contributed by atoms with van der Waals surface area (Å²) in [6.07, 6.45) is -4.34. The van der Waals surface area contributed by atoms with Crippen molar-refractivity contribution in [3.8, 4) is 11.5 Å². The number of rotatable bonds is 9. The molecule has 0 radical (unpaired) electrons. The molecule has 2 saturated heterocycles. The van der Waals surface area contributed by atoms with Crippen LogP contribution < -0.4 is 14.8 Å². The van der Waals surface area contributed by atoms with Gasteiger partial charge in [-0.05, 0) is 65.8 Å². The van der Waals surface area contributed by atoms with E-state index in [2.05, 4.69) is 10.2 Å². The van der Waals surface area contributed by atoms with Gasteiger partial charge in [0.1, 0.15) is 6.04 Å². The molecule has 0 spiro atoms. The maximum Gasteiger partial charge on any atom is 0.471 e. The Morgan fingerprint density at radius 3 is 2.27 bits per heavy atom. The molecule has 0 aromatic heterocycles. The van der Waals surface area contributed by atoms with Crippen LogP contribution in [0.3, 0.4) is 0 Å². The van der Waals surface area contributed by atoms with Crippen LogP contribution in [0.5, 0.6) is 11.5 Å². The van der Waals surface area contributed by atoms with Crippen molar-refractivity contribution in [2.24, 2.45) is 0 Å². The van der Waals surface area contributed by atoms with Gasteiger partial charge in [-0.3, -0.25) is 14.5 Å². The van der Waals surface area contributed by atoms with E-state index < -0.39 is 30.3 Å². The lowest BCUT2D eigenvalue weighted by Crippen LogP contribution is -2.48. The minimum Gasteiger partial charge on any atom is -0.493 e. The first-order chi connectivity index (χ1) is 23.6. The minimum absolute atomic E-state index is 0.0619. The number of aliphatic hydroxyl groups excluding tert-OH is 1. The monoisotopic (exact) mass is 683 g/mol. The van der Waals surface area contributed by atoms with Crippen molar-refractivity contribution in [2.45, 2.75) is 69.6 Å². The summed E-state index contributed by atoms with van der Waals surface area (Å²) in [5.41, 5.74) is 5.22. The first-order valence-corrected chi connectivity index (χ1v) is 16.3. The van der Waals surface area contributed by atoms with E-state index in [9.17, 15) is 27.9 Å². The molecule has 0 saturated carbocycles. The number of amides is 2. The fourth-order valence-corrected chi connectivity index (χ4v) is 6.81. The lowest BCUT2D eigenvalue weighted by Gasteiger charge is -2.39. The Morgan fingerprint density at radius 1 is 0.939 bits per heavy atom. The number of nitrogens with zero attached hydrogens (tertiary/aromatic N) is 2. The van der Waals surface area contributed by atoms with Gasteiger partial charge in [-0.15, -0.1) is 0 Å². The van der Waals surface area contributed by atoms with Crippen LogP contribution >= 0.6 is 0 Å². The second-order valence-corrected chi connectivity index (χ2v) is 12.6. The van der Waals surface area contributed by atoms with E-state index in [1.165, 1.54) is 11.1 Å². The SMILES string of the molecule is COc1cc2c(cc1OC)CN(C[C@H]1C[C@@H](c3ccc(CO)cc3)O[C@@H](c3ccc(NC(=O)[C@@H]4CCCN4C(=O)C(F)(F)F)cc3)O1)CC2. The number of benzene rings is 3. The number of aliphatic hydroxyl groups is 1. The number of hydrogen-bond acceptors (Lipinski definition) is 8. The van der Waals surface area contributed by atoms with Gasteiger partial charge in [0.2, 0.25) is 5.91 Å². The summed E-state index contributed by atoms with van der Waals surface area (Å²) < 4.78 is 63.2. The van der Waals surface area contributed by atoms with Crippen LogP contribution in [0.15, 0.2) is 60.7 Å². The Balaban J connectivity index is 1.16. The van der Waals surface area contributed by atoms with Gasteiger partial charge in [0, 0.05) is 43.9 Å². The van der Waals surface area contributed by atoms with Gasteiger partial charge in [0.05, 0.1) is 33.0 Å². The van der Waals surface area contributed by atoms with E-state index in [1.54, 1.807) is 38.5 Å². The smallest absolute Gasteiger partial charge is 0.471 e. The van der Waals surface area contributed by atoms with Gasteiger partial charge in [-0.1, -0.05) is 36.4 Å². The van der Waals surface area contributed by atoms with Crippen molar-refractivity contribution in [3.63, 3.8) is 0 Å². The van der Waals surface area contributed by atoms with Crippen LogP contribution in [0.2, 0.25) is 0 Å². The maximum absolute atomic E-state index is 13.1. The Kier molecular flexibility index (Phi) is 10.4. The van der Waals surface area contributed by atoms with Gasteiger partial charge < -0.3 is 34.3 Å². The molecule has 0 aliphatic carbocycles. The molecular formula is C36H40F3N3O7. The molecule has 3 aliphatic heterocycles. The minimum atomic E-state index is -5.04. The number of anilines is 1. The average Bonchev–Trinajstić information content (AvgIpc) is 3.60. The topological polar surface area (TPSA) is 110 Å². The average molecular weight is 684 g/mol. The highest BCUT2D eigenvalue weighted by molar-refractivity contribution is 5.98. The quantitative estimate of drug-likeness (QED) is 0.313. The number of carbonyl (C=O) groups is 2. The summed E-state index contributed by atoms with van der Waals surface area (Å²) >= 11 is 0. The number of methoxy groups -OCH3 is 2. The molecule has 0 bridgehead atoms. The van der Waals surface area contributed by atoms with Gasteiger partial charge in [0.25, 0.3) is 0 Å². The Morgan fingerprint density at radius 2 is 1.61 bits per heavy atom. The fourth-order valence-electron chi connectivity index (χ4n) is 6.81. The highest BCUT2D eigenvalue weighted by Crippen LogP contribution is 2.39. The van der Waals surface area contributed by atoms with Gasteiger partial charge >= 0.3 is 12.1 Å². The van der Waals surface area contributed by atoms with E-state index in [0.717, 1.165) is 30.6 Å². The molecule has 2 N–H and O–H groups in total. The van der Waals surface area contributed by atoms with E-state index >= 15 is 0 Å². The summed E-state index contributed by atoms with van der Waals surface area (Å²) in [6.45, 7) is 2.03. The molecular weight excluding hydrogens is 643 g/mol. The molecule has 49 heavy (non-hydrogen) atoms. The molecule has 10 nitrogen and oxygen atoms in total. The Labute approximate surface area is 282 Å². The third-order valence-electron chi connectivity index (χ3n) is 9.38. The normalized spacial score (nSPS) is 22.8. The second kappa shape index (κ2) is 14.8. The molecule has 2 amide bonds. The summed E-state index contributed by atoms with van der Waals surface area (Å²) in [6, 6.07) is 17.3. The first-order valence-electron chi connectivity index (χ1n) is 16.3.